The number of carbonyl (C=O) groups excluding carboxylic acids is 2. The Morgan fingerprint density at radius 3 is 2.21 bits per heavy atom. The van der Waals surface area contributed by atoms with Gasteiger partial charge in [0.1, 0.15) is 18.1 Å². The fourth-order valence-corrected chi connectivity index (χ4v) is 13.0. The van der Waals surface area contributed by atoms with Gasteiger partial charge in [0.25, 0.3) is 16.0 Å². The quantitative estimate of drug-likeness (QED) is 0.00888. The predicted octanol–water partition coefficient (Wildman–Crippen LogP) is 13.5. The second-order valence-electron chi connectivity index (χ2n) is 21.7. The van der Waals surface area contributed by atoms with Crippen LogP contribution in [0.1, 0.15) is 116 Å². The van der Waals surface area contributed by atoms with Gasteiger partial charge in [-0.1, -0.05) is 78.4 Å². The van der Waals surface area contributed by atoms with E-state index >= 15 is 0 Å². The Labute approximate surface area is 503 Å². The van der Waals surface area contributed by atoms with Crippen molar-refractivity contribution in [1.29, 1.82) is 0 Å². The van der Waals surface area contributed by atoms with Gasteiger partial charge in [0, 0.05) is 120 Å². The summed E-state index contributed by atoms with van der Waals surface area (Å²) in [5.41, 5.74) is 8.64. The molecule has 4 aromatic rings. The van der Waals surface area contributed by atoms with Crippen LogP contribution in [0.5, 0.6) is 5.75 Å². The summed E-state index contributed by atoms with van der Waals surface area (Å²) < 4.78 is 57.1. The highest BCUT2D eigenvalue weighted by atomic mass is 32.2. The number of benzene rings is 4. The number of nitrogens with zero attached hydrogens (tertiary/aromatic N) is 4. The van der Waals surface area contributed by atoms with Gasteiger partial charge < -0.3 is 19.4 Å². The molecule has 4 aromatic carbocycles. The normalized spacial score (nSPS) is 17.7. The van der Waals surface area contributed by atoms with Gasteiger partial charge in [0.2, 0.25) is 5.69 Å². The van der Waals surface area contributed by atoms with Gasteiger partial charge in [-0.05, 0) is 147 Å². The number of rotatable bonds is 32. The number of anilines is 2. The Bertz CT molecular complexity index is 3240. The van der Waals surface area contributed by atoms with E-state index in [1.807, 2.05) is 24.3 Å². The topological polar surface area (TPSA) is 236 Å². The van der Waals surface area contributed by atoms with E-state index in [4.69, 9.17) is 29.7 Å². The second-order valence-corrected chi connectivity index (χ2v) is 25.6. The molecule has 3 aliphatic heterocycles. The lowest BCUT2D eigenvalue weighted by atomic mass is 9.80. The third-order valence-electron chi connectivity index (χ3n) is 15.4. The number of amides is 1. The molecule has 0 aromatic heterocycles. The number of ether oxygens (including phenoxy) is 1. The highest BCUT2D eigenvalue weighted by molar-refractivity contribution is 7.95. The van der Waals surface area contributed by atoms with Gasteiger partial charge in [-0.15, -0.1) is 18.1 Å². The van der Waals surface area contributed by atoms with Gasteiger partial charge in [-0.25, -0.2) is 20.6 Å². The van der Waals surface area contributed by atoms with E-state index in [1.54, 1.807) is 12.1 Å². The maximum absolute atomic E-state index is 12.8. The number of allylic oxidation sites excluding steroid dienone is 8. The molecule has 8 rings (SSSR count). The van der Waals surface area contributed by atoms with E-state index in [0.29, 0.717) is 98.3 Å². The van der Waals surface area contributed by atoms with E-state index in [-0.39, 0.29) is 25.2 Å². The molecular formula is C60H73N4O16S4+. The Morgan fingerprint density at radius 2 is 1.52 bits per heavy atom. The first kappa shape index (κ1) is 64.4. The van der Waals surface area contributed by atoms with Gasteiger partial charge in [0.15, 0.2) is 5.71 Å². The molecule has 4 aliphatic rings. The summed E-state index contributed by atoms with van der Waals surface area (Å²) in [6.07, 6.45) is 15.4. The number of fused-ring (bicyclic) bond motifs is 4. The minimum atomic E-state index is -4.25. The number of unbranched alkanes of at least 4 members (excludes halogenated alkanes) is 2. The van der Waals surface area contributed by atoms with Crippen LogP contribution in [0.25, 0.3) is 10.8 Å². The third-order valence-corrected chi connectivity index (χ3v) is 18.0. The van der Waals surface area contributed by atoms with Crippen molar-refractivity contribution in [2.75, 3.05) is 53.2 Å². The van der Waals surface area contributed by atoms with Crippen LogP contribution in [0.15, 0.2) is 143 Å². The van der Waals surface area contributed by atoms with Crippen LogP contribution < -0.4 is 14.5 Å². The van der Waals surface area contributed by atoms with Crippen molar-refractivity contribution in [2.24, 2.45) is 0 Å². The van der Waals surface area contributed by atoms with Crippen molar-refractivity contribution in [2.45, 2.75) is 120 Å². The molecule has 1 saturated heterocycles. The van der Waals surface area contributed by atoms with Crippen molar-refractivity contribution in [1.82, 2.24) is 5.06 Å². The summed E-state index contributed by atoms with van der Waals surface area (Å²) in [5.74, 6) is 1.21. The first-order valence-corrected chi connectivity index (χ1v) is 32.1. The zero-order valence-corrected chi connectivity index (χ0v) is 50.8. The van der Waals surface area contributed by atoms with Crippen LogP contribution in [0.3, 0.4) is 0 Å². The molecule has 0 spiro atoms. The van der Waals surface area contributed by atoms with Crippen LogP contribution >= 0.6 is 36.1 Å². The maximum atomic E-state index is 12.8. The first-order valence-electron chi connectivity index (χ1n) is 27.9. The van der Waals surface area contributed by atoms with Gasteiger partial charge in [0.05, 0.1) is 28.9 Å². The smallest absolute Gasteiger partial charge is 0.333 e. The summed E-state index contributed by atoms with van der Waals surface area (Å²) in [5, 5.41) is 40.9. The molecule has 84 heavy (non-hydrogen) atoms. The van der Waals surface area contributed by atoms with Crippen LogP contribution in [0.2, 0.25) is 0 Å². The fraction of sp³-hybridized carbons (Fsp3) is 0.417. The Hall–Kier alpha value is -5.55. The van der Waals surface area contributed by atoms with Gasteiger partial charge >= 0.3 is 5.97 Å². The maximum Gasteiger partial charge on any atom is 0.333 e. The third kappa shape index (κ3) is 16.3. The second kappa shape index (κ2) is 30.2. The Kier molecular flexibility index (Phi) is 23.2. The summed E-state index contributed by atoms with van der Waals surface area (Å²) in [6, 6.07) is 26.3. The largest absolute Gasteiger partial charge is 0.457 e. The molecule has 0 radical (unpaired) electrons. The van der Waals surface area contributed by atoms with Crippen LogP contribution in [0, 0.1) is 0 Å². The molecule has 0 unspecified atom stereocenters. The van der Waals surface area contributed by atoms with Crippen molar-refractivity contribution in [3.63, 3.8) is 0 Å². The Morgan fingerprint density at radius 1 is 0.798 bits per heavy atom. The minimum Gasteiger partial charge on any atom is -0.457 e. The SMILES string of the molecule is C=C1CCC(=O)N1OC(=O)CCCCCN1/C(=C/C=C2\CCCC(/C=C/C3=[N+](CCCS(=O)(=O)O)c4ccc(N(CCCSOOO)CCCSOOO)cc4C3(C)C)=C2Oc2ccc(SOOO)cc2)C(C)(C)c2c1ccc1ccccc21. The summed E-state index contributed by atoms with van der Waals surface area (Å²) >= 11 is 2.82. The average molecular weight is 1230 g/mol. The fourth-order valence-electron chi connectivity index (χ4n) is 11.4. The molecule has 0 bridgehead atoms. The van der Waals surface area contributed by atoms with Crippen molar-refractivity contribution < 1.29 is 80.6 Å². The molecule has 0 atom stereocenters. The van der Waals surface area contributed by atoms with E-state index in [9.17, 15) is 22.6 Å². The number of hydrogen-bond donors (Lipinski definition) is 4. The average Bonchev–Trinajstić information content (AvgIpc) is 1.71. The van der Waals surface area contributed by atoms with E-state index in [0.717, 1.165) is 111 Å². The van der Waals surface area contributed by atoms with Gasteiger partial charge in [-0.3, -0.25) is 9.35 Å². The van der Waals surface area contributed by atoms with E-state index in [2.05, 4.69) is 139 Å². The number of carbonyl (C=O) groups is 2. The zero-order valence-electron chi connectivity index (χ0n) is 47.6. The van der Waals surface area contributed by atoms with Crippen molar-refractivity contribution in [3.05, 3.63) is 149 Å². The molecular weight excluding hydrogens is 1160 g/mol. The lowest BCUT2D eigenvalue weighted by Crippen LogP contribution is -2.29. The summed E-state index contributed by atoms with van der Waals surface area (Å²) in [4.78, 5) is 35.7. The van der Waals surface area contributed by atoms with Crippen LogP contribution in [0.4, 0.5) is 17.1 Å². The summed E-state index contributed by atoms with van der Waals surface area (Å²) in [6.45, 7) is 14.9. The van der Waals surface area contributed by atoms with Crippen LogP contribution in [-0.4, -0.2) is 99.4 Å². The molecule has 1 aliphatic carbocycles. The minimum absolute atomic E-state index is 0.164. The molecule has 1 fully saturated rings. The highest BCUT2D eigenvalue weighted by Crippen LogP contribution is 2.51. The van der Waals surface area contributed by atoms with Gasteiger partial charge in [-0.2, -0.15) is 13.0 Å². The molecule has 452 valence electrons. The van der Waals surface area contributed by atoms with Crippen molar-refractivity contribution in [3.8, 4) is 5.75 Å². The molecule has 4 N–H and O–H groups in total. The molecule has 24 heteroatoms. The monoisotopic (exact) mass is 1230 g/mol. The number of hydroxylamine groups is 2. The lowest BCUT2D eigenvalue weighted by Gasteiger charge is -2.28. The predicted molar refractivity (Wildman–Crippen MR) is 324 cm³/mol. The number of hydrogen-bond acceptors (Lipinski definition) is 20. The molecule has 3 heterocycles. The molecule has 1 amide bonds. The molecule has 0 saturated carbocycles. The first-order chi connectivity index (χ1) is 40.4. The summed E-state index contributed by atoms with van der Waals surface area (Å²) in [7, 11) is -4.25. The Balaban J connectivity index is 1.15. The molecule has 20 nitrogen and oxygen atoms in total. The van der Waals surface area contributed by atoms with E-state index < -0.39 is 32.7 Å². The highest BCUT2D eigenvalue weighted by Gasteiger charge is 2.45. The van der Waals surface area contributed by atoms with E-state index in [1.165, 1.54) is 10.9 Å². The zero-order chi connectivity index (χ0) is 59.9. The van der Waals surface area contributed by atoms with Crippen LogP contribution in [-0.2, 0) is 63.5 Å². The standard InChI is InChI=1S/C60H72N4O16S4/c1-42-20-33-55(65)64(42)74-56(66)19-7-6-10-36-63-52-29-21-43-15-8-9-18-49(43)57(52)60(4,5)54(63)32-23-45-17-11-16-44(58(45)73-47-25-27-48(28-26-47)83-80-77-69)22-31-53-59(2,3)50-41-46(24-30-51(50)62(53)37-14-40-84(70,71)72)61(34-12-38-81-78-75-67)35-13-39-82-79-76-68/h8-9,15,18,21-32,41H,1,6-7,10-14,16-17,19-20,33-40H2,2-5H3,(H3-,67,68,69,70,71,72)/p+1. The lowest BCUT2D eigenvalue weighted by molar-refractivity contribution is -0.437. The van der Waals surface area contributed by atoms with Crippen molar-refractivity contribution >= 4 is 91.7 Å².